The average Bonchev–Trinajstić information content (AvgIpc) is 3.25. The summed E-state index contributed by atoms with van der Waals surface area (Å²) in [5.41, 5.74) is 1.08. The first kappa shape index (κ1) is 24.8. The normalized spacial score (nSPS) is 22.7. The number of carbonyl (C=O) groups excluding carboxylic acids is 2. The van der Waals surface area contributed by atoms with Crippen LogP contribution in [0, 0.1) is 11.8 Å². The van der Waals surface area contributed by atoms with Gasteiger partial charge in [0.25, 0.3) is 0 Å². The zero-order valence-electron chi connectivity index (χ0n) is 20.9. The molecule has 1 aliphatic carbocycles. The van der Waals surface area contributed by atoms with Crippen molar-refractivity contribution in [2.24, 2.45) is 11.8 Å². The Morgan fingerprint density at radius 3 is 2.47 bits per heavy atom. The smallest absolute Gasteiger partial charge is 0.225 e. The summed E-state index contributed by atoms with van der Waals surface area (Å²) in [6.45, 7) is 4.49. The molecule has 0 spiro atoms. The predicted molar refractivity (Wildman–Crippen MR) is 132 cm³/mol. The van der Waals surface area contributed by atoms with Crippen LogP contribution < -0.4 is 14.8 Å². The fourth-order valence-corrected chi connectivity index (χ4v) is 5.78. The number of piperidine rings is 1. The van der Waals surface area contributed by atoms with Gasteiger partial charge in [-0.1, -0.05) is 25.3 Å². The molecule has 1 aromatic carbocycles. The van der Waals surface area contributed by atoms with Gasteiger partial charge in [-0.25, -0.2) is 0 Å². The number of nitrogens with one attached hydrogen (secondary N) is 1. The van der Waals surface area contributed by atoms with Crippen LogP contribution >= 0.6 is 0 Å². The Hall–Kier alpha value is -2.28. The molecular formula is C27H41N3O4. The van der Waals surface area contributed by atoms with E-state index in [0.29, 0.717) is 31.0 Å². The van der Waals surface area contributed by atoms with Crippen molar-refractivity contribution in [3.05, 3.63) is 23.8 Å². The Morgan fingerprint density at radius 2 is 1.76 bits per heavy atom. The lowest BCUT2D eigenvalue weighted by atomic mass is 9.88. The van der Waals surface area contributed by atoms with Crippen LogP contribution in [-0.4, -0.2) is 74.6 Å². The summed E-state index contributed by atoms with van der Waals surface area (Å²) in [6.07, 6.45) is 10.0. The van der Waals surface area contributed by atoms with Crippen LogP contribution in [0.15, 0.2) is 18.2 Å². The Bertz CT molecular complexity index is 831. The first-order valence-electron chi connectivity index (χ1n) is 13.1. The molecule has 2 aliphatic heterocycles. The first-order valence-corrected chi connectivity index (χ1v) is 13.1. The van der Waals surface area contributed by atoms with Crippen LogP contribution in [0.3, 0.4) is 0 Å². The van der Waals surface area contributed by atoms with Crippen molar-refractivity contribution < 1.29 is 19.1 Å². The monoisotopic (exact) mass is 471 g/mol. The number of rotatable bonds is 9. The van der Waals surface area contributed by atoms with E-state index in [-0.39, 0.29) is 23.8 Å². The Kier molecular flexibility index (Phi) is 8.70. The van der Waals surface area contributed by atoms with Gasteiger partial charge in [0.15, 0.2) is 11.5 Å². The minimum absolute atomic E-state index is 0.0488. The van der Waals surface area contributed by atoms with Crippen molar-refractivity contribution in [1.82, 2.24) is 15.1 Å². The summed E-state index contributed by atoms with van der Waals surface area (Å²) in [7, 11) is 3.24. The highest BCUT2D eigenvalue weighted by Gasteiger charge is 2.35. The largest absolute Gasteiger partial charge is 0.493 e. The predicted octanol–water partition coefficient (Wildman–Crippen LogP) is 3.26. The maximum atomic E-state index is 12.9. The lowest BCUT2D eigenvalue weighted by Crippen LogP contribution is -2.47. The van der Waals surface area contributed by atoms with Crippen LogP contribution in [0.1, 0.15) is 56.9 Å². The molecule has 7 nitrogen and oxygen atoms in total. The SMILES string of the molecule is COc1ccc(CCN2CC(C(=O)NC3CCN(CC4CCCCC4)CC3)CC2=O)cc1OC. The third-order valence-electron chi connectivity index (χ3n) is 7.88. The number of benzene rings is 1. The zero-order chi connectivity index (χ0) is 23.9. The van der Waals surface area contributed by atoms with E-state index in [9.17, 15) is 9.59 Å². The molecule has 3 aliphatic rings. The van der Waals surface area contributed by atoms with Gasteiger partial charge in [-0.15, -0.1) is 0 Å². The fourth-order valence-electron chi connectivity index (χ4n) is 5.78. The van der Waals surface area contributed by atoms with E-state index in [2.05, 4.69) is 10.2 Å². The third kappa shape index (κ3) is 6.44. The summed E-state index contributed by atoms with van der Waals surface area (Å²) in [4.78, 5) is 29.9. The van der Waals surface area contributed by atoms with Gasteiger partial charge in [-0.2, -0.15) is 0 Å². The topological polar surface area (TPSA) is 71.1 Å². The molecule has 0 aromatic heterocycles. The highest BCUT2D eigenvalue weighted by atomic mass is 16.5. The van der Waals surface area contributed by atoms with Crippen LogP contribution in [0.5, 0.6) is 11.5 Å². The van der Waals surface area contributed by atoms with Crippen molar-refractivity contribution in [3.63, 3.8) is 0 Å². The lowest BCUT2D eigenvalue weighted by Gasteiger charge is -2.35. The van der Waals surface area contributed by atoms with Gasteiger partial charge in [-0.05, 0) is 55.7 Å². The summed E-state index contributed by atoms with van der Waals surface area (Å²) in [6, 6.07) is 6.07. The number of nitrogens with zero attached hydrogens (tertiary/aromatic N) is 2. The number of likely N-dealkylation sites (tertiary alicyclic amines) is 2. The zero-order valence-corrected chi connectivity index (χ0v) is 20.9. The van der Waals surface area contributed by atoms with Gasteiger partial charge >= 0.3 is 0 Å². The maximum Gasteiger partial charge on any atom is 0.225 e. The van der Waals surface area contributed by atoms with E-state index in [1.165, 1.54) is 38.6 Å². The summed E-state index contributed by atoms with van der Waals surface area (Å²) in [5.74, 6) is 2.14. The molecule has 2 saturated heterocycles. The quantitative estimate of drug-likeness (QED) is 0.599. The van der Waals surface area contributed by atoms with Gasteiger partial charge in [-0.3, -0.25) is 9.59 Å². The second kappa shape index (κ2) is 11.9. The number of hydrogen-bond acceptors (Lipinski definition) is 5. The number of ether oxygens (including phenoxy) is 2. The minimum atomic E-state index is -0.238. The fraction of sp³-hybridized carbons (Fsp3) is 0.704. The molecule has 1 unspecified atom stereocenters. The van der Waals surface area contributed by atoms with E-state index >= 15 is 0 Å². The van der Waals surface area contributed by atoms with Gasteiger partial charge < -0.3 is 24.6 Å². The number of methoxy groups -OCH3 is 2. The van der Waals surface area contributed by atoms with Crippen molar-refractivity contribution in [3.8, 4) is 11.5 Å². The van der Waals surface area contributed by atoms with Crippen molar-refractivity contribution in [2.75, 3.05) is 46.9 Å². The van der Waals surface area contributed by atoms with Crippen molar-refractivity contribution >= 4 is 11.8 Å². The second-order valence-corrected chi connectivity index (χ2v) is 10.3. The number of carbonyl (C=O) groups is 2. The molecule has 1 aromatic rings. The highest BCUT2D eigenvalue weighted by Crippen LogP contribution is 2.28. The summed E-state index contributed by atoms with van der Waals surface area (Å²) in [5, 5.41) is 3.25. The molecule has 1 saturated carbocycles. The van der Waals surface area contributed by atoms with Gasteiger partial charge in [0, 0.05) is 45.2 Å². The Labute approximate surface area is 204 Å². The highest BCUT2D eigenvalue weighted by molar-refractivity contribution is 5.89. The van der Waals surface area contributed by atoms with E-state index in [0.717, 1.165) is 43.8 Å². The van der Waals surface area contributed by atoms with Crippen LogP contribution in [0.4, 0.5) is 0 Å². The first-order chi connectivity index (χ1) is 16.6. The Balaban J connectivity index is 1.19. The standard InChI is InChI=1S/C27H41N3O4/c1-33-24-9-8-20(16-25(24)34-2)10-15-30-19-22(17-26(30)31)27(32)28-23-11-13-29(14-12-23)18-21-6-4-3-5-7-21/h8-9,16,21-23H,3-7,10-15,17-19H2,1-2H3,(H,28,32). The molecule has 2 heterocycles. The molecule has 2 amide bonds. The van der Waals surface area contributed by atoms with Crippen molar-refractivity contribution in [2.45, 2.75) is 63.8 Å². The van der Waals surface area contributed by atoms with Gasteiger partial charge in [0.05, 0.1) is 20.1 Å². The summed E-state index contributed by atoms with van der Waals surface area (Å²) < 4.78 is 10.7. The lowest BCUT2D eigenvalue weighted by molar-refractivity contribution is -0.129. The molecule has 188 valence electrons. The van der Waals surface area contributed by atoms with E-state index in [4.69, 9.17) is 9.47 Å². The van der Waals surface area contributed by atoms with Crippen LogP contribution in [0.25, 0.3) is 0 Å². The van der Waals surface area contributed by atoms with Gasteiger partial charge in [0.1, 0.15) is 0 Å². The van der Waals surface area contributed by atoms with Crippen molar-refractivity contribution in [1.29, 1.82) is 0 Å². The average molecular weight is 472 g/mol. The number of hydrogen-bond donors (Lipinski definition) is 1. The van der Waals surface area contributed by atoms with Crippen LogP contribution in [-0.2, 0) is 16.0 Å². The molecule has 4 rings (SSSR count). The maximum absolute atomic E-state index is 12.9. The Morgan fingerprint density at radius 1 is 1.03 bits per heavy atom. The molecule has 1 atom stereocenters. The molecule has 3 fully saturated rings. The molecule has 0 bridgehead atoms. The molecular weight excluding hydrogens is 430 g/mol. The molecule has 0 radical (unpaired) electrons. The molecule has 1 N–H and O–H groups in total. The van der Waals surface area contributed by atoms with Crippen LogP contribution in [0.2, 0.25) is 0 Å². The second-order valence-electron chi connectivity index (χ2n) is 10.3. The van der Waals surface area contributed by atoms with Gasteiger partial charge in [0.2, 0.25) is 11.8 Å². The number of amides is 2. The van der Waals surface area contributed by atoms with E-state index in [1.807, 2.05) is 23.1 Å². The van der Waals surface area contributed by atoms with E-state index < -0.39 is 0 Å². The third-order valence-corrected chi connectivity index (χ3v) is 7.88. The van der Waals surface area contributed by atoms with E-state index in [1.54, 1.807) is 14.2 Å². The summed E-state index contributed by atoms with van der Waals surface area (Å²) >= 11 is 0. The molecule has 7 heteroatoms. The molecule has 34 heavy (non-hydrogen) atoms. The minimum Gasteiger partial charge on any atom is -0.493 e.